The number of likely N-dealkylation sites (tertiary alicyclic amines) is 1. The van der Waals surface area contributed by atoms with Crippen LogP contribution in [0.25, 0.3) is 22.0 Å². The van der Waals surface area contributed by atoms with Crippen molar-refractivity contribution in [3.63, 3.8) is 0 Å². The zero-order valence-corrected chi connectivity index (χ0v) is 18.0. The quantitative estimate of drug-likeness (QED) is 0.704. The van der Waals surface area contributed by atoms with Crippen LogP contribution in [0.4, 0.5) is 4.79 Å². The molecule has 2 N–H and O–H groups in total. The van der Waals surface area contributed by atoms with Crippen molar-refractivity contribution in [1.29, 1.82) is 0 Å². The highest BCUT2D eigenvalue weighted by atomic mass is 16.4. The van der Waals surface area contributed by atoms with E-state index in [2.05, 4.69) is 5.10 Å². The summed E-state index contributed by atoms with van der Waals surface area (Å²) in [6.07, 6.45) is 1.99. The Bertz CT molecular complexity index is 1130. The second kappa shape index (κ2) is 7.72. The van der Waals surface area contributed by atoms with Crippen LogP contribution in [0.2, 0.25) is 0 Å². The summed E-state index contributed by atoms with van der Waals surface area (Å²) in [7, 11) is 0. The Morgan fingerprint density at radius 2 is 1.84 bits per heavy atom. The Morgan fingerprint density at radius 1 is 1.13 bits per heavy atom. The van der Waals surface area contributed by atoms with Crippen LogP contribution in [-0.4, -0.2) is 39.3 Å². The number of carboxylic acid groups (broad SMARTS) is 1. The molecule has 162 valence electrons. The number of aromatic nitrogens is 2. The Kier molecular flexibility index (Phi) is 5.21. The van der Waals surface area contributed by atoms with E-state index in [9.17, 15) is 14.7 Å². The van der Waals surface area contributed by atoms with E-state index in [4.69, 9.17) is 5.73 Å². The molecule has 2 atom stereocenters. The fourth-order valence-corrected chi connectivity index (χ4v) is 4.89. The van der Waals surface area contributed by atoms with Gasteiger partial charge >= 0.3 is 0 Å². The molecule has 2 unspecified atom stereocenters. The molecule has 7 nitrogen and oxygen atoms in total. The number of carbonyl (C=O) groups is 2. The molecule has 3 aromatic rings. The molecule has 0 radical (unpaired) electrons. The van der Waals surface area contributed by atoms with Gasteiger partial charge in [-0.1, -0.05) is 51.1 Å². The van der Waals surface area contributed by atoms with Crippen LogP contribution in [0.1, 0.15) is 50.0 Å². The third-order valence-corrected chi connectivity index (χ3v) is 6.12. The van der Waals surface area contributed by atoms with Crippen molar-refractivity contribution in [2.24, 2.45) is 11.1 Å². The fourth-order valence-electron chi connectivity index (χ4n) is 4.89. The summed E-state index contributed by atoms with van der Waals surface area (Å²) in [6, 6.07) is 13.1. The Labute approximate surface area is 181 Å². The number of amides is 2. The van der Waals surface area contributed by atoms with Crippen LogP contribution in [0.5, 0.6) is 0 Å². The number of fused-ring (bicyclic) bond motifs is 1. The summed E-state index contributed by atoms with van der Waals surface area (Å²) in [4.78, 5) is 25.6. The predicted molar refractivity (Wildman–Crippen MR) is 117 cm³/mol. The summed E-state index contributed by atoms with van der Waals surface area (Å²) >= 11 is 0. The minimum atomic E-state index is -1.16. The summed E-state index contributed by atoms with van der Waals surface area (Å²) in [5.41, 5.74) is 8.38. The molecule has 7 heteroatoms. The van der Waals surface area contributed by atoms with Crippen molar-refractivity contribution in [1.82, 2.24) is 14.7 Å². The first-order valence-corrected chi connectivity index (χ1v) is 10.5. The monoisotopic (exact) mass is 419 g/mol. The first-order chi connectivity index (χ1) is 14.7. The molecule has 1 fully saturated rings. The maximum Gasteiger partial charge on any atom is 0.249 e. The maximum atomic E-state index is 12.2. The molecule has 1 aliphatic rings. The Hall–Kier alpha value is -3.35. The fraction of sp³-hybridized carbons (Fsp3) is 0.375. The van der Waals surface area contributed by atoms with E-state index >= 15 is 0 Å². The van der Waals surface area contributed by atoms with Crippen LogP contribution >= 0.6 is 0 Å². The number of hydrogen-bond donors (Lipinski definition) is 1. The highest BCUT2D eigenvalue weighted by Crippen LogP contribution is 2.40. The number of rotatable bonds is 3. The van der Waals surface area contributed by atoms with E-state index in [0.29, 0.717) is 23.9 Å². The molecular formula is C24H27N4O3-. The highest BCUT2D eigenvalue weighted by molar-refractivity contribution is 6.07. The van der Waals surface area contributed by atoms with Crippen molar-refractivity contribution in [3.8, 4) is 11.1 Å². The second-order valence-electron chi connectivity index (χ2n) is 9.26. The van der Waals surface area contributed by atoms with E-state index < -0.39 is 12.0 Å². The second-order valence-corrected chi connectivity index (χ2v) is 9.26. The standard InChI is InChI=1S/C24H28N4O3/c1-24(2,3)21-19(10-7-11-27(21)23(30)31)28-20-13-16(15-8-5-4-6-9-15)12-17(22(25)29)18(20)14-26-28/h4-6,8-9,12-14,19,21H,7,10-11H2,1-3H3,(H2,25,29)(H,30,31)/p-1. The minimum Gasteiger partial charge on any atom is -0.530 e. The molecule has 0 spiro atoms. The molecule has 1 aromatic heterocycles. The zero-order chi connectivity index (χ0) is 22.3. The van der Waals surface area contributed by atoms with Crippen molar-refractivity contribution in [2.45, 2.75) is 45.7 Å². The smallest absolute Gasteiger partial charge is 0.249 e. The van der Waals surface area contributed by atoms with Gasteiger partial charge in [-0.15, -0.1) is 0 Å². The van der Waals surface area contributed by atoms with Gasteiger partial charge in [-0.25, -0.2) is 0 Å². The summed E-state index contributed by atoms with van der Waals surface area (Å²) in [6.45, 7) is 6.54. The number of primary amides is 1. The van der Waals surface area contributed by atoms with E-state index in [1.807, 2.05) is 61.9 Å². The first kappa shape index (κ1) is 20.9. The van der Waals surface area contributed by atoms with Gasteiger partial charge in [0.1, 0.15) is 6.09 Å². The lowest BCUT2D eigenvalue weighted by molar-refractivity contribution is -0.272. The number of benzene rings is 2. The van der Waals surface area contributed by atoms with E-state index in [-0.39, 0.29) is 17.5 Å². The lowest BCUT2D eigenvalue weighted by Crippen LogP contribution is -2.58. The molecule has 0 bridgehead atoms. The van der Waals surface area contributed by atoms with Crippen LogP contribution in [0, 0.1) is 5.41 Å². The van der Waals surface area contributed by atoms with Gasteiger partial charge in [-0.3, -0.25) is 9.48 Å². The molecule has 2 amide bonds. The topological polar surface area (TPSA) is 104 Å². The molecule has 1 saturated heterocycles. The predicted octanol–water partition coefficient (Wildman–Crippen LogP) is 3.20. The normalized spacial score (nSPS) is 19.5. The molecule has 2 aromatic carbocycles. The molecule has 0 saturated carbocycles. The maximum absolute atomic E-state index is 12.2. The van der Waals surface area contributed by atoms with E-state index in [1.54, 1.807) is 12.3 Å². The van der Waals surface area contributed by atoms with Gasteiger partial charge in [0, 0.05) is 11.9 Å². The van der Waals surface area contributed by atoms with Gasteiger partial charge in [-0.05, 0) is 41.5 Å². The lowest BCUT2D eigenvalue weighted by Gasteiger charge is -2.49. The zero-order valence-electron chi connectivity index (χ0n) is 18.0. The number of nitrogens with zero attached hydrogens (tertiary/aromatic N) is 3. The number of carbonyl (C=O) groups excluding carboxylic acids is 2. The minimum absolute atomic E-state index is 0.184. The molecule has 4 rings (SSSR count). The van der Waals surface area contributed by atoms with Gasteiger partial charge in [0.05, 0.1) is 29.4 Å². The number of piperidine rings is 1. The Morgan fingerprint density at radius 3 is 2.45 bits per heavy atom. The SMILES string of the molecule is CC(C)(C)C1C(n2ncc3c(C(N)=O)cc(-c4ccccc4)cc32)CCCN1C(=O)[O-]. The molecule has 1 aliphatic heterocycles. The Balaban J connectivity index is 1.92. The molecule has 2 heterocycles. The number of nitrogens with two attached hydrogens (primary N) is 1. The van der Waals surface area contributed by atoms with E-state index in [1.165, 1.54) is 4.90 Å². The molecule has 0 aliphatic carbocycles. The summed E-state index contributed by atoms with van der Waals surface area (Å²) < 4.78 is 1.87. The average molecular weight is 420 g/mol. The van der Waals surface area contributed by atoms with Crippen molar-refractivity contribution < 1.29 is 14.7 Å². The van der Waals surface area contributed by atoms with Gasteiger partial charge in [0.15, 0.2) is 0 Å². The lowest BCUT2D eigenvalue weighted by atomic mass is 9.77. The largest absolute Gasteiger partial charge is 0.530 e. The van der Waals surface area contributed by atoms with Crippen molar-refractivity contribution in [3.05, 3.63) is 54.2 Å². The third-order valence-electron chi connectivity index (χ3n) is 6.12. The molecular weight excluding hydrogens is 392 g/mol. The van der Waals surface area contributed by atoms with Gasteiger partial charge in [-0.2, -0.15) is 5.10 Å². The van der Waals surface area contributed by atoms with Crippen LogP contribution in [-0.2, 0) is 0 Å². The van der Waals surface area contributed by atoms with Crippen LogP contribution in [0.3, 0.4) is 0 Å². The van der Waals surface area contributed by atoms with E-state index in [0.717, 1.165) is 23.1 Å². The van der Waals surface area contributed by atoms with Gasteiger partial charge in [0.2, 0.25) is 5.91 Å². The summed E-state index contributed by atoms with van der Waals surface area (Å²) in [5, 5.41) is 17.2. The molecule has 31 heavy (non-hydrogen) atoms. The van der Waals surface area contributed by atoms with Gasteiger partial charge in [0.25, 0.3) is 0 Å². The highest BCUT2D eigenvalue weighted by Gasteiger charge is 2.41. The summed E-state index contributed by atoms with van der Waals surface area (Å²) in [5.74, 6) is -0.519. The van der Waals surface area contributed by atoms with Crippen molar-refractivity contribution in [2.75, 3.05) is 6.54 Å². The average Bonchev–Trinajstić information content (AvgIpc) is 3.16. The van der Waals surface area contributed by atoms with Crippen LogP contribution in [0.15, 0.2) is 48.7 Å². The van der Waals surface area contributed by atoms with Crippen LogP contribution < -0.4 is 10.8 Å². The number of hydrogen-bond acceptors (Lipinski definition) is 4. The first-order valence-electron chi connectivity index (χ1n) is 10.5. The van der Waals surface area contributed by atoms with Crippen molar-refractivity contribution >= 4 is 22.9 Å². The third kappa shape index (κ3) is 3.76. The van der Waals surface area contributed by atoms with Gasteiger partial charge < -0.3 is 20.5 Å².